The highest BCUT2D eigenvalue weighted by Gasteiger charge is 2.18. The monoisotopic (exact) mass is 321 g/mol. The van der Waals surface area contributed by atoms with Crippen LogP contribution in [0.25, 0.3) is 0 Å². The Labute approximate surface area is 131 Å². The Morgan fingerprint density at radius 1 is 1.35 bits per heavy atom. The molecule has 0 aliphatic rings. The lowest BCUT2D eigenvalue weighted by molar-refractivity contribution is -0.137. The van der Waals surface area contributed by atoms with Gasteiger partial charge in [-0.3, -0.25) is 9.59 Å². The second kappa shape index (κ2) is 7.48. The van der Waals surface area contributed by atoms with Gasteiger partial charge in [0.05, 0.1) is 12.5 Å². The molecular weight excluding hydrogens is 305 g/mol. The molecular formula is C15H16FN3O4. The lowest BCUT2D eigenvalue weighted by Gasteiger charge is -2.17. The summed E-state index contributed by atoms with van der Waals surface area (Å²) in [4.78, 5) is 26.9. The zero-order chi connectivity index (χ0) is 16.8. The summed E-state index contributed by atoms with van der Waals surface area (Å²) in [5, 5.41) is 15.2. The highest BCUT2D eigenvalue weighted by atomic mass is 19.1. The molecule has 1 amide bonds. The second-order valence-corrected chi connectivity index (χ2v) is 5.00. The van der Waals surface area contributed by atoms with E-state index in [1.54, 1.807) is 6.92 Å². The van der Waals surface area contributed by atoms with Gasteiger partial charge in [0.15, 0.2) is 5.82 Å². The lowest BCUT2D eigenvalue weighted by Crippen LogP contribution is -2.30. The van der Waals surface area contributed by atoms with Crippen LogP contribution in [-0.4, -0.2) is 27.1 Å². The van der Waals surface area contributed by atoms with E-state index in [4.69, 9.17) is 9.63 Å². The van der Waals surface area contributed by atoms with Crippen molar-refractivity contribution in [2.45, 2.75) is 32.2 Å². The first-order valence-electron chi connectivity index (χ1n) is 7.00. The zero-order valence-electron chi connectivity index (χ0n) is 12.5. The quantitative estimate of drug-likeness (QED) is 0.805. The Kier molecular flexibility index (Phi) is 5.40. The second-order valence-electron chi connectivity index (χ2n) is 5.00. The molecule has 122 valence electrons. The molecule has 0 aliphatic heterocycles. The van der Waals surface area contributed by atoms with Crippen molar-refractivity contribution in [3.63, 3.8) is 0 Å². The number of hydrogen-bond acceptors (Lipinski definition) is 5. The molecule has 1 unspecified atom stereocenters. The fraction of sp³-hybridized carbons (Fsp3) is 0.333. The van der Waals surface area contributed by atoms with Gasteiger partial charge in [0.2, 0.25) is 11.8 Å². The number of carbonyl (C=O) groups excluding carboxylic acids is 1. The number of amides is 1. The van der Waals surface area contributed by atoms with Gasteiger partial charge in [0, 0.05) is 12.8 Å². The van der Waals surface area contributed by atoms with E-state index in [0.29, 0.717) is 17.3 Å². The summed E-state index contributed by atoms with van der Waals surface area (Å²) in [6.07, 6.45) is 0.0475. The number of nitrogens with zero attached hydrogens (tertiary/aromatic N) is 2. The van der Waals surface area contributed by atoms with Crippen molar-refractivity contribution < 1.29 is 23.6 Å². The summed E-state index contributed by atoms with van der Waals surface area (Å²) in [6, 6.07) is 4.61. The van der Waals surface area contributed by atoms with Crippen molar-refractivity contribution >= 4 is 11.9 Å². The van der Waals surface area contributed by atoms with E-state index in [-0.39, 0.29) is 25.2 Å². The van der Waals surface area contributed by atoms with Gasteiger partial charge in [0.25, 0.3) is 0 Å². The number of carboxylic acid groups (broad SMARTS) is 1. The molecule has 1 aromatic heterocycles. The molecule has 0 radical (unpaired) electrons. The van der Waals surface area contributed by atoms with Crippen LogP contribution < -0.4 is 5.32 Å². The lowest BCUT2D eigenvalue weighted by atomic mass is 10.0. The fourth-order valence-corrected chi connectivity index (χ4v) is 2.05. The minimum Gasteiger partial charge on any atom is -0.481 e. The number of rotatable bonds is 7. The molecule has 2 N–H and O–H groups in total. The molecule has 1 atom stereocenters. The molecule has 0 fully saturated rings. The molecule has 1 heterocycles. The number of carbonyl (C=O) groups is 2. The Balaban J connectivity index is 1.97. The van der Waals surface area contributed by atoms with Crippen LogP contribution in [0.5, 0.6) is 0 Å². The van der Waals surface area contributed by atoms with Gasteiger partial charge in [-0.2, -0.15) is 4.98 Å². The van der Waals surface area contributed by atoms with Gasteiger partial charge in [0.1, 0.15) is 5.82 Å². The van der Waals surface area contributed by atoms with Crippen molar-refractivity contribution in [1.29, 1.82) is 0 Å². The first-order valence-corrected chi connectivity index (χ1v) is 7.00. The molecule has 0 saturated carbocycles. The number of aromatic nitrogens is 2. The maximum Gasteiger partial charge on any atom is 0.305 e. The maximum absolute atomic E-state index is 13.0. The van der Waals surface area contributed by atoms with Gasteiger partial charge in [-0.05, 0) is 24.6 Å². The smallest absolute Gasteiger partial charge is 0.305 e. The zero-order valence-corrected chi connectivity index (χ0v) is 12.5. The number of aliphatic carboxylic acids is 1. The average Bonchev–Trinajstić information content (AvgIpc) is 2.90. The summed E-state index contributed by atoms with van der Waals surface area (Å²) < 4.78 is 17.9. The van der Waals surface area contributed by atoms with Crippen LogP contribution in [0.1, 0.15) is 36.2 Å². The van der Waals surface area contributed by atoms with E-state index in [9.17, 15) is 14.0 Å². The first kappa shape index (κ1) is 16.6. The van der Waals surface area contributed by atoms with E-state index >= 15 is 0 Å². The average molecular weight is 321 g/mol. The minimum atomic E-state index is -1.06. The largest absolute Gasteiger partial charge is 0.481 e. The van der Waals surface area contributed by atoms with E-state index in [2.05, 4.69) is 15.5 Å². The normalized spacial score (nSPS) is 11.9. The molecule has 1 aromatic carbocycles. The van der Waals surface area contributed by atoms with Gasteiger partial charge in [-0.25, -0.2) is 4.39 Å². The topological polar surface area (TPSA) is 105 Å². The standard InChI is InChI=1S/C15H16FN3O4/c1-9-17-14(23-19-9)7-6-13(20)18-12(8-15(21)22)10-2-4-11(16)5-3-10/h2-5,12H,6-8H2,1H3,(H,18,20)(H,21,22). The molecule has 2 aromatic rings. The fourth-order valence-electron chi connectivity index (χ4n) is 2.05. The van der Waals surface area contributed by atoms with Crippen molar-refractivity contribution in [1.82, 2.24) is 15.5 Å². The van der Waals surface area contributed by atoms with Crippen molar-refractivity contribution in [2.24, 2.45) is 0 Å². The summed E-state index contributed by atoms with van der Waals surface area (Å²) in [7, 11) is 0. The molecule has 0 saturated heterocycles. The summed E-state index contributed by atoms with van der Waals surface area (Å²) in [6.45, 7) is 1.67. The molecule has 0 bridgehead atoms. The first-order chi connectivity index (χ1) is 10.9. The van der Waals surface area contributed by atoms with Gasteiger partial charge >= 0.3 is 5.97 Å². The molecule has 0 aliphatic carbocycles. The Hall–Kier alpha value is -2.77. The number of nitrogens with one attached hydrogen (secondary N) is 1. The van der Waals surface area contributed by atoms with E-state index in [1.165, 1.54) is 24.3 Å². The number of benzene rings is 1. The van der Waals surface area contributed by atoms with Gasteiger partial charge in [-0.15, -0.1) is 0 Å². The Morgan fingerprint density at radius 3 is 2.61 bits per heavy atom. The molecule has 2 rings (SSSR count). The molecule has 0 spiro atoms. The summed E-state index contributed by atoms with van der Waals surface area (Å²) in [5.41, 5.74) is 0.524. The number of halogens is 1. The number of hydrogen-bond donors (Lipinski definition) is 2. The molecule has 8 heteroatoms. The molecule has 7 nitrogen and oxygen atoms in total. The minimum absolute atomic E-state index is 0.0823. The van der Waals surface area contributed by atoms with Crippen molar-refractivity contribution in [2.75, 3.05) is 0 Å². The van der Waals surface area contributed by atoms with Gasteiger partial charge in [-0.1, -0.05) is 17.3 Å². The van der Waals surface area contributed by atoms with Crippen LogP contribution in [0.15, 0.2) is 28.8 Å². The third-order valence-corrected chi connectivity index (χ3v) is 3.12. The highest BCUT2D eigenvalue weighted by Crippen LogP contribution is 2.18. The SMILES string of the molecule is Cc1noc(CCC(=O)NC(CC(=O)O)c2ccc(F)cc2)n1. The number of aryl methyl sites for hydroxylation is 2. The third kappa shape index (κ3) is 5.17. The predicted molar refractivity (Wildman–Crippen MR) is 76.9 cm³/mol. The van der Waals surface area contributed by atoms with Crippen LogP contribution in [0, 0.1) is 12.7 Å². The summed E-state index contributed by atoms with van der Waals surface area (Å²) >= 11 is 0. The van der Waals surface area contributed by atoms with Crippen LogP contribution in [0.2, 0.25) is 0 Å². The van der Waals surface area contributed by atoms with Crippen LogP contribution in [-0.2, 0) is 16.0 Å². The van der Waals surface area contributed by atoms with E-state index in [0.717, 1.165) is 0 Å². The maximum atomic E-state index is 13.0. The van der Waals surface area contributed by atoms with Gasteiger partial charge < -0.3 is 14.9 Å². The van der Waals surface area contributed by atoms with E-state index in [1.807, 2.05) is 0 Å². The predicted octanol–water partition coefficient (Wildman–Crippen LogP) is 1.78. The highest BCUT2D eigenvalue weighted by molar-refractivity contribution is 5.77. The summed E-state index contributed by atoms with van der Waals surface area (Å²) in [5.74, 6) is -1.02. The Morgan fingerprint density at radius 2 is 2.04 bits per heavy atom. The van der Waals surface area contributed by atoms with Crippen LogP contribution >= 0.6 is 0 Å². The van der Waals surface area contributed by atoms with Crippen LogP contribution in [0.4, 0.5) is 4.39 Å². The van der Waals surface area contributed by atoms with Crippen molar-refractivity contribution in [3.8, 4) is 0 Å². The molecule has 23 heavy (non-hydrogen) atoms. The number of carboxylic acids is 1. The van der Waals surface area contributed by atoms with E-state index < -0.39 is 17.8 Å². The third-order valence-electron chi connectivity index (χ3n) is 3.12. The van der Waals surface area contributed by atoms with Crippen molar-refractivity contribution in [3.05, 3.63) is 47.4 Å². The van der Waals surface area contributed by atoms with Crippen LogP contribution in [0.3, 0.4) is 0 Å². The Bertz CT molecular complexity index is 684.